The molecule has 1 aromatic carbocycles. The van der Waals surface area contributed by atoms with Crippen LogP contribution in [0, 0.1) is 11.8 Å². The highest BCUT2D eigenvalue weighted by molar-refractivity contribution is 7.80. The maximum absolute atomic E-state index is 5.58. The summed E-state index contributed by atoms with van der Waals surface area (Å²) in [5.74, 6) is 1.70. The molecule has 2 N–H and O–H groups in total. The summed E-state index contributed by atoms with van der Waals surface area (Å²) in [6.07, 6.45) is 6.39. The van der Waals surface area contributed by atoms with Crippen molar-refractivity contribution in [1.29, 1.82) is 0 Å². The van der Waals surface area contributed by atoms with Gasteiger partial charge in [-0.3, -0.25) is 4.90 Å². The smallest absolute Gasteiger partial charge is 0.170 e. The van der Waals surface area contributed by atoms with E-state index in [0.717, 1.165) is 29.8 Å². The Labute approximate surface area is 196 Å². The summed E-state index contributed by atoms with van der Waals surface area (Å²) in [6.45, 7) is 9.58. The first-order valence-corrected chi connectivity index (χ1v) is 12.3. The van der Waals surface area contributed by atoms with Crippen molar-refractivity contribution in [1.82, 2.24) is 29.8 Å². The second-order valence-electron chi connectivity index (χ2n) is 9.63. The first-order valence-electron chi connectivity index (χ1n) is 11.9. The van der Waals surface area contributed by atoms with Gasteiger partial charge in [0.05, 0.1) is 5.69 Å². The third-order valence-corrected chi connectivity index (χ3v) is 7.74. The van der Waals surface area contributed by atoms with Gasteiger partial charge in [0.2, 0.25) is 0 Å². The van der Waals surface area contributed by atoms with Crippen LogP contribution < -0.4 is 10.6 Å². The Morgan fingerprint density at radius 3 is 2.62 bits per heavy atom. The third kappa shape index (κ3) is 5.14. The lowest BCUT2D eigenvalue weighted by Gasteiger charge is -2.51. The highest BCUT2D eigenvalue weighted by atomic mass is 32.1. The minimum atomic E-state index is 0.597. The van der Waals surface area contributed by atoms with Crippen molar-refractivity contribution in [2.45, 2.75) is 18.9 Å². The van der Waals surface area contributed by atoms with Gasteiger partial charge in [0, 0.05) is 69.9 Å². The predicted octanol–water partition coefficient (Wildman–Crippen LogP) is 2.12. The number of rotatable bonds is 6. The zero-order valence-corrected chi connectivity index (χ0v) is 19.8. The molecule has 6 rings (SSSR count). The Morgan fingerprint density at radius 2 is 1.94 bits per heavy atom. The topological polar surface area (TPSA) is 51.6 Å². The standard InChI is InChI=1S/C24H35N7S/c1-28-11-13-29(14-12-28)17-20-18-30-10-7-19(20)15-23(30)16-25-24(32)27-21-3-5-22(6-4-21)31-9-2-8-26-31/h2-6,8-9,19-20,23H,7,10-18H2,1H3,(H2,25,27,32)/t19-,20+,23+/m0/s1. The molecule has 5 heterocycles. The Morgan fingerprint density at radius 1 is 1.12 bits per heavy atom. The first-order chi connectivity index (χ1) is 15.6. The summed E-state index contributed by atoms with van der Waals surface area (Å²) < 4.78 is 1.85. The monoisotopic (exact) mass is 453 g/mol. The van der Waals surface area contributed by atoms with Crippen molar-refractivity contribution in [3.8, 4) is 5.69 Å². The second kappa shape index (κ2) is 9.87. The lowest BCUT2D eigenvalue weighted by molar-refractivity contribution is -0.0151. The van der Waals surface area contributed by atoms with Gasteiger partial charge in [-0.1, -0.05) is 0 Å². The number of hydrogen-bond acceptors (Lipinski definition) is 5. The number of piperidine rings is 3. The molecule has 172 valence electrons. The van der Waals surface area contributed by atoms with Crippen LogP contribution >= 0.6 is 12.2 Å². The number of hydrogen-bond donors (Lipinski definition) is 2. The molecular weight excluding hydrogens is 418 g/mol. The van der Waals surface area contributed by atoms with Gasteiger partial charge in [0.15, 0.2) is 5.11 Å². The van der Waals surface area contributed by atoms with E-state index in [4.69, 9.17) is 12.2 Å². The molecule has 0 radical (unpaired) electrons. The van der Waals surface area contributed by atoms with E-state index in [0.29, 0.717) is 11.2 Å². The average Bonchev–Trinajstić information content (AvgIpc) is 3.35. The van der Waals surface area contributed by atoms with Crippen LogP contribution in [0.3, 0.4) is 0 Å². The number of likely N-dealkylation sites (N-methyl/N-ethyl adjacent to an activating group) is 1. The molecule has 4 atom stereocenters. The van der Waals surface area contributed by atoms with E-state index in [-0.39, 0.29) is 0 Å². The number of anilines is 1. The van der Waals surface area contributed by atoms with E-state index in [1.165, 1.54) is 58.7 Å². The number of nitrogens with one attached hydrogen (secondary N) is 2. The fourth-order valence-corrected chi connectivity index (χ4v) is 5.74. The van der Waals surface area contributed by atoms with Crippen molar-refractivity contribution in [3.63, 3.8) is 0 Å². The SMILES string of the molecule is CN1CCN(C[C@@H]2CN3CC[C@H]2C[C@@H]3CNC(=S)Nc2ccc(-n3cccn3)cc2)CC1. The summed E-state index contributed by atoms with van der Waals surface area (Å²) in [5, 5.41) is 11.8. The zero-order chi connectivity index (χ0) is 21.9. The molecule has 4 aliphatic rings. The van der Waals surface area contributed by atoms with Crippen molar-refractivity contribution in [2.24, 2.45) is 11.8 Å². The molecule has 2 aromatic rings. The molecule has 8 heteroatoms. The molecule has 1 aromatic heterocycles. The fraction of sp³-hybridized carbons (Fsp3) is 0.583. The quantitative estimate of drug-likeness (QED) is 0.650. The number of nitrogens with zero attached hydrogens (tertiary/aromatic N) is 5. The molecule has 1 unspecified atom stereocenters. The van der Waals surface area contributed by atoms with Gasteiger partial charge in [-0.05, 0) is 80.8 Å². The van der Waals surface area contributed by atoms with Crippen molar-refractivity contribution < 1.29 is 0 Å². The molecule has 0 saturated carbocycles. The predicted molar refractivity (Wildman–Crippen MR) is 133 cm³/mol. The maximum Gasteiger partial charge on any atom is 0.170 e. The van der Waals surface area contributed by atoms with Gasteiger partial charge in [0.1, 0.15) is 0 Å². The molecule has 32 heavy (non-hydrogen) atoms. The number of benzene rings is 1. The van der Waals surface area contributed by atoms with E-state index in [1.807, 2.05) is 41.2 Å². The van der Waals surface area contributed by atoms with E-state index >= 15 is 0 Å². The highest BCUT2D eigenvalue weighted by Gasteiger charge is 2.40. The molecule has 0 aliphatic carbocycles. The van der Waals surface area contributed by atoms with E-state index < -0.39 is 0 Å². The molecule has 0 spiro atoms. The fourth-order valence-electron chi connectivity index (χ4n) is 5.54. The lowest BCUT2D eigenvalue weighted by Crippen LogP contribution is -2.59. The van der Waals surface area contributed by atoms with Crippen molar-refractivity contribution in [3.05, 3.63) is 42.7 Å². The summed E-state index contributed by atoms with van der Waals surface area (Å²) in [7, 11) is 2.23. The van der Waals surface area contributed by atoms with Crippen LogP contribution in [0.25, 0.3) is 5.69 Å². The summed E-state index contributed by atoms with van der Waals surface area (Å²) in [5.41, 5.74) is 2.03. The van der Waals surface area contributed by atoms with Gasteiger partial charge < -0.3 is 20.4 Å². The molecule has 7 nitrogen and oxygen atoms in total. The van der Waals surface area contributed by atoms with Crippen LogP contribution in [0.5, 0.6) is 0 Å². The van der Waals surface area contributed by atoms with Crippen LogP contribution in [-0.4, -0.2) is 95.0 Å². The second-order valence-corrected chi connectivity index (χ2v) is 10.0. The Kier molecular flexibility index (Phi) is 6.73. The van der Waals surface area contributed by atoms with Crippen LogP contribution in [0.4, 0.5) is 5.69 Å². The third-order valence-electron chi connectivity index (χ3n) is 7.49. The Bertz CT molecular complexity index is 876. The first kappa shape index (κ1) is 21.8. The minimum absolute atomic E-state index is 0.597. The Hall–Kier alpha value is -2.00. The number of fused-ring (bicyclic) bond motifs is 3. The van der Waals surface area contributed by atoms with E-state index in [9.17, 15) is 0 Å². The van der Waals surface area contributed by atoms with Crippen LogP contribution in [0.2, 0.25) is 0 Å². The molecule has 0 amide bonds. The van der Waals surface area contributed by atoms with E-state index in [2.05, 4.69) is 37.5 Å². The molecule has 2 bridgehead atoms. The van der Waals surface area contributed by atoms with Crippen molar-refractivity contribution in [2.75, 3.05) is 64.7 Å². The lowest BCUT2D eigenvalue weighted by atomic mass is 9.75. The van der Waals surface area contributed by atoms with Gasteiger partial charge in [0.25, 0.3) is 0 Å². The van der Waals surface area contributed by atoms with E-state index in [1.54, 1.807) is 6.20 Å². The van der Waals surface area contributed by atoms with Crippen LogP contribution in [0.15, 0.2) is 42.7 Å². The van der Waals surface area contributed by atoms with Crippen LogP contribution in [0.1, 0.15) is 12.8 Å². The number of thiocarbonyl (C=S) groups is 1. The van der Waals surface area contributed by atoms with Gasteiger partial charge >= 0.3 is 0 Å². The van der Waals surface area contributed by atoms with Gasteiger partial charge in [-0.15, -0.1) is 0 Å². The van der Waals surface area contributed by atoms with Crippen LogP contribution in [-0.2, 0) is 0 Å². The largest absolute Gasteiger partial charge is 0.361 e. The van der Waals surface area contributed by atoms with Gasteiger partial charge in [-0.25, -0.2) is 4.68 Å². The number of piperazine rings is 1. The normalized spacial score (nSPS) is 28.5. The number of aromatic nitrogens is 2. The summed E-state index contributed by atoms with van der Waals surface area (Å²) >= 11 is 5.58. The Balaban J connectivity index is 1.07. The maximum atomic E-state index is 5.58. The molecule has 4 aliphatic heterocycles. The summed E-state index contributed by atoms with van der Waals surface area (Å²) in [6, 6.07) is 10.7. The zero-order valence-electron chi connectivity index (χ0n) is 19.0. The molecule has 4 fully saturated rings. The average molecular weight is 454 g/mol. The highest BCUT2D eigenvalue weighted by Crippen LogP contribution is 2.36. The van der Waals surface area contributed by atoms with Crippen molar-refractivity contribution >= 4 is 23.0 Å². The summed E-state index contributed by atoms with van der Waals surface area (Å²) in [4.78, 5) is 7.84. The van der Waals surface area contributed by atoms with Gasteiger partial charge in [-0.2, -0.15) is 5.10 Å². The molecule has 4 saturated heterocycles. The molecular formula is C24H35N7S. The minimum Gasteiger partial charge on any atom is -0.361 e.